The van der Waals surface area contributed by atoms with Crippen molar-refractivity contribution in [2.75, 3.05) is 7.11 Å². The molecular weight excluding hydrogens is 232 g/mol. The van der Waals surface area contributed by atoms with Gasteiger partial charge in [-0.3, -0.25) is 4.79 Å². The molecule has 2 atom stereocenters. The molecular formula is C14H18O4. The van der Waals surface area contributed by atoms with Crippen LogP contribution in [0.4, 0.5) is 0 Å². The topological polar surface area (TPSA) is 66.8 Å². The van der Waals surface area contributed by atoms with Gasteiger partial charge >= 0.3 is 5.97 Å². The van der Waals surface area contributed by atoms with Gasteiger partial charge in [-0.25, -0.2) is 0 Å². The lowest BCUT2D eigenvalue weighted by Crippen LogP contribution is -2.48. The van der Waals surface area contributed by atoms with Crippen molar-refractivity contribution in [2.24, 2.45) is 0 Å². The second-order valence-corrected chi connectivity index (χ2v) is 4.77. The van der Waals surface area contributed by atoms with Crippen LogP contribution >= 0.6 is 0 Å². The first-order chi connectivity index (χ1) is 8.61. The molecule has 1 aliphatic carbocycles. The average Bonchev–Trinajstić information content (AvgIpc) is 2.39. The summed E-state index contributed by atoms with van der Waals surface area (Å²) in [7, 11) is 1.57. The summed E-state index contributed by atoms with van der Waals surface area (Å²) in [6.07, 6.45) is 1.91. The van der Waals surface area contributed by atoms with Crippen molar-refractivity contribution in [1.29, 1.82) is 0 Å². The van der Waals surface area contributed by atoms with Gasteiger partial charge in [-0.2, -0.15) is 0 Å². The lowest BCUT2D eigenvalue weighted by molar-refractivity contribution is -0.151. The van der Waals surface area contributed by atoms with Gasteiger partial charge in [0.25, 0.3) is 0 Å². The van der Waals surface area contributed by atoms with Crippen LogP contribution in [0.2, 0.25) is 0 Å². The Bertz CT molecular complexity index is 426. The molecule has 18 heavy (non-hydrogen) atoms. The van der Waals surface area contributed by atoms with Crippen LogP contribution in [0.25, 0.3) is 0 Å². The summed E-state index contributed by atoms with van der Waals surface area (Å²) < 4.78 is 5.07. The van der Waals surface area contributed by atoms with Crippen LogP contribution < -0.4 is 4.74 Å². The van der Waals surface area contributed by atoms with Gasteiger partial charge in [0.1, 0.15) is 11.2 Å². The first-order valence-corrected chi connectivity index (χ1v) is 6.17. The predicted molar refractivity (Wildman–Crippen MR) is 66.8 cm³/mol. The maximum absolute atomic E-state index is 11.7. The molecule has 0 spiro atoms. The fourth-order valence-electron chi connectivity index (χ4n) is 2.75. The van der Waals surface area contributed by atoms with Gasteiger partial charge < -0.3 is 14.9 Å². The highest BCUT2D eigenvalue weighted by atomic mass is 16.5. The quantitative estimate of drug-likeness (QED) is 0.860. The molecule has 0 aliphatic heterocycles. The highest BCUT2D eigenvalue weighted by molar-refractivity contribution is 5.82. The van der Waals surface area contributed by atoms with Gasteiger partial charge in [0.2, 0.25) is 0 Å². The SMILES string of the molecule is COc1ccc(C2(C(=O)O)CCCCC2O)cc1. The van der Waals surface area contributed by atoms with Crippen molar-refractivity contribution in [2.45, 2.75) is 37.2 Å². The number of aliphatic carboxylic acids is 1. The van der Waals surface area contributed by atoms with E-state index in [1.807, 2.05) is 0 Å². The van der Waals surface area contributed by atoms with E-state index < -0.39 is 17.5 Å². The number of carboxylic acids is 1. The molecule has 98 valence electrons. The van der Waals surface area contributed by atoms with Gasteiger partial charge in [0.15, 0.2) is 0 Å². The van der Waals surface area contributed by atoms with Gasteiger partial charge in [-0.15, -0.1) is 0 Å². The first-order valence-electron chi connectivity index (χ1n) is 6.17. The molecule has 1 saturated carbocycles. The number of carbonyl (C=O) groups is 1. The Morgan fingerprint density at radius 2 is 2.00 bits per heavy atom. The molecule has 0 radical (unpaired) electrons. The molecule has 1 aromatic carbocycles. The Morgan fingerprint density at radius 3 is 2.50 bits per heavy atom. The molecule has 4 nitrogen and oxygen atoms in total. The summed E-state index contributed by atoms with van der Waals surface area (Å²) in [6, 6.07) is 6.95. The third-order valence-corrected chi connectivity index (χ3v) is 3.85. The zero-order chi connectivity index (χ0) is 13.2. The largest absolute Gasteiger partial charge is 0.497 e. The van der Waals surface area contributed by atoms with E-state index in [9.17, 15) is 15.0 Å². The van der Waals surface area contributed by atoms with E-state index in [4.69, 9.17) is 4.74 Å². The van der Waals surface area contributed by atoms with Crippen molar-refractivity contribution in [3.05, 3.63) is 29.8 Å². The number of ether oxygens (including phenoxy) is 1. The number of methoxy groups -OCH3 is 1. The Kier molecular flexibility index (Phi) is 3.57. The Labute approximate surface area is 106 Å². The molecule has 2 N–H and O–H groups in total. The molecule has 0 amide bonds. The molecule has 1 aromatic rings. The normalized spacial score (nSPS) is 27.8. The van der Waals surface area contributed by atoms with E-state index in [1.165, 1.54) is 0 Å². The lowest BCUT2D eigenvalue weighted by atomic mass is 9.67. The monoisotopic (exact) mass is 250 g/mol. The smallest absolute Gasteiger partial charge is 0.316 e. The summed E-state index contributed by atoms with van der Waals surface area (Å²) in [6.45, 7) is 0. The van der Waals surface area contributed by atoms with E-state index in [0.29, 0.717) is 24.2 Å². The number of aliphatic hydroxyl groups is 1. The molecule has 2 unspecified atom stereocenters. The number of hydrogen-bond acceptors (Lipinski definition) is 3. The van der Waals surface area contributed by atoms with Gasteiger partial charge in [-0.05, 0) is 30.5 Å². The number of carboxylic acid groups (broad SMARTS) is 1. The minimum absolute atomic E-state index is 0.482. The van der Waals surface area contributed by atoms with E-state index >= 15 is 0 Å². The van der Waals surface area contributed by atoms with E-state index in [-0.39, 0.29) is 0 Å². The van der Waals surface area contributed by atoms with E-state index in [1.54, 1.807) is 31.4 Å². The van der Waals surface area contributed by atoms with Crippen molar-refractivity contribution in [3.8, 4) is 5.75 Å². The standard InChI is InChI=1S/C14H18O4/c1-18-11-7-5-10(6-8-11)14(13(16)17)9-3-2-4-12(14)15/h5-8,12,15H,2-4,9H2,1H3,(H,16,17). The third-order valence-electron chi connectivity index (χ3n) is 3.85. The molecule has 4 heteroatoms. The maximum Gasteiger partial charge on any atom is 0.316 e. The molecule has 0 heterocycles. The van der Waals surface area contributed by atoms with Crippen LogP contribution in [0, 0.1) is 0 Å². The van der Waals surface area contributed by atoms with Crippen LogP contribution in [0.5, 0.6) is 5.75 Å². The first kappa shape index (κ1) is 12.9. The predicted octanol–water partition coefficient (Wildman–Crippen LogP) is 1.95. The summed E-state index contributed by atoms with van der Waals surface area (Å²) in [5.41, 5.74) is -0.507. The summed E-state index contributed by atoms with van der Waals surface area (Å²) >= 11 is 0. The second kappa shape index (κ2) is 4.98. The van der Waals surface area contributed by atoms with Crippen molar-refractivity contribution in [1.82, 2.24) is 0 Å². The lowest BCUT2D eigenvalue weighted by Gasteiger charge is -2.38. The van der Waals surface area contributed by atoms with Crippen molar-refractivity contribution in [3.63, 3.8) is 0 Å². The Morgan fingerprint density at radius 1 is 1.33 bits per heavy atom. The Balaban J connectivity index is 2.42. The molecule has 2 rings (SSSR count). The molecule has 0 aromatic heterocycles. The van der Waals surface area contributed by atoms with Gasteiger partial charge in [0, 0.05) is 0 Å². The molecule has 0 bridgehead atoms. The minimum atomic E-state index is -1.16. The summed E-state index contributed by atoms with van der Waals surface area (Å²) in [5.74, 6) is -0.260. The van der Waals surface area contributed by atoms with E-state index in [0.717, 1.165) is 12.8 Å². The molecule has 1 aliphatic rings. The Hall–Kier alpha value is -1.55. The van der Waals surface area contributed by atoms with Gasteiger partial charge in [-0.1, -0.05) is 25.0 Å². The molecule has 1 fully saturated rings. The zero-order valence-electron chi connectivity index (χ0n) is 10.4. The fourth-order valence-corrected chi connectivity index (χ4v) is 2.75. The van der Waals surface area contributed by atoms with Crippen LogP contribution in [-0.4, -0.2) is 29.4 Å². The summed E-state index contributed by atoms with van der Waals surface area (Å²) in [4.78, 5) is 11.7. The third kappa shape index (κ3) is 1.97. The summed E-state index contributed by atoms with van der Waals surface area (Å²) in [5, 5.41) is 19.7. The van der Waals surface area contributed by atoms with Crippen molar-refractivity contribution >= 4 is 5.97 Å². The number of rotatable bonds is 3. The molecule has 0 saturated heterocycles. The van der Waals surface area contributed by atoms with Crippen LogP contribution in [0.1, 0.15) is 31.2 Å². The second-order valence-electron chi connectivity index (χ2n) is 4.77. The highest BCUT2D eigenvalue weighted by Gasteiger charge is 2.48. The number of aliphatic hydroxyl groups excluding tert-OH is 1. The number of benzene rings is 1. The highest BCUT2D eigenvalue weighted by Crippen LogP contribution is 2.40. The average molecular weight is 250 g/mol. The van der Waals surface area contributed by atoms with Crippen LogP contribution in [-0.2, 0) is 10.2 Å². The fraction of sp³-hybridized carbons (Fsp3) is 0.500. The number of hydrogen-bond donors (Lipinski definition) is 2. The van der Waals surface area contributed by atoms with Crippen molar-refractivity contribution < 1.29 is 19.7 Å². The van der Waals surface area contributed by atoms with Gasteiger partial charge in [0.05, 0.1) is 13.2 Å². The van der Waals surface area contributed by atoms with Crippen LogP contribution in [0.3, 0.4) is 0 Å². The van der Waals surface area contributed by atoms with E-state index in [2.05, 4.69) is 0 Å². The zero-order valence-corrected chi connectivity index (χ0v) is 10.4. The minimum Gasteiger partial charge on any atom is -0.497 e. The maximum atomic E-state index is 11.7. The van der Waals surface area contributed by atoms with Crippen LogP contribution in [0.15, 0.2) is 24.3 Å².